The first-order valence-electron chi connectivity index (χ1n) is 5.33. The van der Waals surface area contributed by atoms with E-state index in [1.165, 1.54) is 0 Å². The van der Waals surface area contributed by atoms with Crippen LogP contribution in [0.25, 0.3) is 0 Å². The van der Waals surface area contributed by atoms with E-state index in [2.05, 4.69) is 15.6 Å². The number of morpholine rings is 1. The van der Waals surface area contributed by atoms with Crippen LogP contribution in [0.5, 0.6) is 0 Å². The van der Waals surface area contributed by atoms with Crippen LogP contribution in [0.3, 0.4) is 0 Å². The van der Waals surface area contributed by atoms with E-state index >= 15 is 0 Å². The minimum Gasteiger partial charge on any atom is -0.366 e. The van der Waals surface area contributed by atoms with E-state index in [0.717, 1.165) is 18.7 Å². The molecule has 1 amide bonds. The van der Waals surface area contributed by atoms with Gasteiger partial charge in [-0.05, 0) is 0 Å². The van der Waals surface area contributed by atoms with Crippen LogP contribution in [0.4, 0.5) is 0 Å². The second-order valence-corrected chi connectivity index (χ2v) is 4.30. The van der Waals surface area contributed by atoms with Crippen molar-refractivity contribution in [1.29, 1.82) is 0 Å². The van der Waals surface area contributed by atoms with E-state index in [0.29, 0.717) is 19.7 Å². The summed E-state index contributed by atoms with van der Waals surface area (Å²) < 4.78 is 5.34. The summed E-state index contributed by atoms with van der Waals surface area (Å²) >= 11 is 1.57. The largest absolute Gasteiger partial charge is 0.366 e. The molecule has 6 heteroatoms. The molecule has 2 N–H and O–H groups in total. The summed E-state index contributed by atoms with van der Waals surface area (Å²) in [4.78, 5) is 15.8. The SMILES string of the molecule is O=C(NCCc1cscn1)C1CNCCO1. The summed E-state index contributed by atoms with van der Waals surface area (Å²) in [6.45, 7) is 2.64. The number of hydrogen-bond acceptors (Lipinski definition) is 5. The van der Waals surface area contributed by atoms with Crippen molar-refractivity contribution in [2.75, 3.05) is 26.2 Å². The molecule has 1 saturated heterocycles. The number of nitrogens with zero attached hydrogens (tertiary/aromatic N) is 1. The van der Waals surface area contributed by atoms with Crippen molar-refractivity contribution in [1.82, 2.24) is 15.6 Å². The molecule has 5 nitrogen and oxygen atoms in total. The number of amides is 1. The average Bonchev–Trinajstić information content (AvgIpc) is 2.83. The summed E-state index contributed by atoms with van der Waals surface area (Å²) in [6, 6.07) is 0. The Hall–Kier alpha value is -0.980. The van der Waals surface area contributed by atoms with Gasteiger partial charge < -0.3 is 15.4 Å². The second kappa shape index (κ2) is 5.93. The lowest BCUT2D eigenvalue weighted by atomic mass is 10.2. The molecule has 0 radical (unpaired) electrons. The molecule has 1 aromatic rings. The molecular formula is C10H15N3O2S. The molecule has 0 spiro atoms. The predicted molar refractivity (Wildman–Crippen MR) is 61.4 cm³/mol. The maximum atomic E-state index is 11.6. The molecule has 0 aromatic carbocycles. The third-order valence-corrected chi connectivity index (χ3v) is 3.02. The topological polar surface area (TPSA) is 63.2 Å². The Morgan fingerprint density at radius 1 is 1.75 bits per heavy atom. The summed E-state index contributed by atoms with van der Waals surface area (Å²) in [5, 5.41) is 7.97. The Morgan fingerprint density at radius 3 is 3.38 bits per heavy atom. The number of aromatic nitrogens is 1. The highest BCUT2D eigenvalue weighted by molar-refractivity contribution is 7.07. The van der Waals surface area contributed by atoms with Gasteiger partial charge in [-0.25, -0.2) is 4.98 Å². The first-order valence-corrected chi connectivity index (χ1v) is 6.27. The Morgan fingerprint density at radius 2 is 2.69 bits per heavy atom. The van der Waals surface area contributed by atoms with Crippen LogP contribution in [0, 0.1) is 0 Å². The van der Waals surface area contributed by atoms with E-state index in [4.69, 9.17) is 4.74 Å². The van der Waals surface area contributed by atoms with Gasteiger partial charge >= 0.3 is 0 Å². The summed E-state index contributed by atoms with van der Waals surface area (Å²) in [5.41, 5.74) is 2.82. The lowest BCUT2D eigenvalue weighted by Gasteiger charge is -2.22. The van der Waals surface area contributed by atoms with Crippen LogP contribution in [0.2, 0.25) is 0 Å². The number of thiazole rings is 1. The molecule has 1 aliphatic rings. The lowest BCUT2D eigenvalue weighted by Crippen LogP contribution is -2.48. The van der Waals surface area contributed by atoms with Gasteiger partial charge in [-0.15, -0.1) is 11.3 Å². The average molecular weight is 241 g/mol. The van der Waals surface area contributed by atoms with Crippen molar-refractivity contribution in [3.8, 4) is 0 Å². The van der Waals surface area contributed by atoms with Crippen LogP contribution in [0.15, 0.2) is 10.9 Å². The number of ether oxygens (including phenoxy) is 1. The van der Waals surface area contributed by atoms with Crippen molar-refractivity contribution in [3.05, 3.63) is 16.6 Å². The molecule has 2 rings (SSSR count). The number of hydrogen-bond donors (Lipinski definition) is 2. The molecule has 16 heavy (non-hydrogen) atoms. The van der Waals surface area contributed by atoms with Crippen LogP contribution < -0.4 is 10.6 Å². The van der Waals surface area contributed by atoms with Gasteiger partial charge in [-0.1, -0.05) is 0 Å². The molecule has 1 aromatic heterocycles. The van der Waals surface area contributed by atoms with Gasteiger partial charge in [0.25, 0.3) is 0 Å². The van der Waals surface area contributed by atoms with E-state index < -0.39 is 0 Å². The number of rotatable bonds is 4. The fourth-order valence-corrected chi connectivity index (χ4v) is 2.12. The second-order valence-electron chi connectivity index (χ2n) is 3.58. The predicted octanol–water partition coefficient (Wildman–Crippen LogP) is -0.210. The highest BCUT2D eigenvalue weighted by atomic mass is 32.1. The van der Waals surface area contributed by atoms with Gasteiger partial charge in [0, 0.05) is 31.4 Å². The molecule has 0 bridgehead atoms. The van der Waals surface area contributed by atoms with Crippen LogP contribution in [-0.4, -0.2) is 43.2 Å². The standard InChI is InChI=1S/C10H15N3O2S/c14-10(9-5-11-3-4-15-9)12-2-1-8-6-16-7-13-8/h6-7,9,11H,1-5H2,(H,12,14). The molecular weight excluding hydrogens is 226 g/mol. The number of carbonyl (C=O) groups is 1. The van der Waals surface area contributed by atoms with Crippen LogP contribution in [0.1, 0.15) is 5.69 Å². The van der Waals surface area contributed by atoms with Gasteiger partial charge in [0.15, 0.2) is 0 Å². The smallest absolute Gasteiger partial charge is 0.250 e. The zero-order valence-corrected chi connectivity index (χ0v) is 9.76. The van der Waals surface area contributed by atoms with Gasteiger partial charge in [-0.2, -0.15) is 0 Å². The minimum absolute atomic E-state index is 0.0394. The van der Waals surface area contributed by atoms with Gasteiger partial charge in [-0.3, -0.25) is 4.79 Å². The molecule has 1 aliphatic heterocycles. The zero-order chi connectivity index (χ0) is 11.2. The van der Waals surface area contributed by atoms with Gasteiger partial charge in [0.2, 0.25) is 5.91 Å². The highest BCUT2D eigenvalue weighted by Gasteiger charge is 2.20. The van der Waals surface area contributed by atoms with Crippen molar-refractivity contribution in [2.45, 2.75) is 12.5 Å². The highest BCUT2D eigenvalue weighted by Crippen LogP contribution is 2.01. The van der Waals surface area contributed by atoms with E-state index in [-0.39, 0.29) is 12.0 Å². The Labute approximate surface area is 98.2 Å². The normalized spacial score (nSPS) is 20.6. The summed E-state index contributed by atoms with van der Waals surface area (Å²) in [6.07, 6.45) is 0.430. The molecule has 0 saturated carbocycles. The Kier molecular flexibility index (Phi) is 4.26. The molecule has 0 aliphatic carbocycles. The monoisotopic (exact) mass is 241 g/mol. The fourth-order valence-electron chi connectivity index (χ4n) is 1.52. The minimum atomic E-state index is -0.343. The van der Waals surface area contributed by atoms with Crippen molar-refractivity contribution in [3.63, 3.8) is 0 Å². The van der Waals surface area contributed by atoms with E-state index in [9.17, 15) is 4.79 Å². The fraction of sp³-hybridized carbons (Fsp3) is 0.600. The first-order chi connectivity index (χ1) is 7.86. The number of nitrogens with one attached hydrogen (secondary N) is 2. The van der Waals surface area contributed by atoms with E-state index in [1.807, 2.05) is 5.38 Å². The Bertz CT molecular complexity index is 323. The van der Waals surface area contributed by atoms with Gasteiger partial charge in [0.1, 0.15) is 6.10 Å². The zero-order valence-electron chi connectivity index (χ0n) is 8.94. The van der Waals surface area contributed by atoms with Crippen LogP contribution >= 0.6 is 11.3 Å². The van der Waals surface area contributed by atoms with Crippen molar-refractivity contribution >= 4 is 17.2 Å². The summed E-state index contributed by atoms with van der Waals surface area (Å²) in [5.74, 6) is -0.0394. The van der Waals surface area contributed by atoms with Crippen molar-refractivity contribution < 1.29 is 9.53 Å². The Balaban J connectivity index is 1.67. The van der Waals surface area contributed by atoms with Crippen molar-refractivity contribution in [2.24, 2.45) is 0 Å². The molecule has 88 valence electrons. The molecule has 2 heterocycles. The lowest BCUT2D eigenvalue weighted by molar-refractivity contribution is -0.134. The molecule has 1 atom stereocenters. The third-order valence-electron chi connectivity index (χ3n) is 2.38. The quantitative estimate of drug-likeness (QED) is 0.765. The molecule has 1 fully saturated rings. The number of carbonyl (C=O) groups excluding carboxylic acids is 1. The maximum absolute atomic E-state index is 11.6. The third kappa shape index (κ3) is 3.26. The van der Waals surface area contributed by atoms with Crippen LogP contribution in [-0.2, 0) is 16.0 Å². The van der Waals surface area contributed by atoms with E-state index in [1.54, 1.807) is 16.8 Å². The molecule has 1 unspecified atom stereocenters. The first kappa shape index (κ1) is 11.5. The van der Waals surface area contributed by atoms with Gasteiger partial charge in [0.05, 0.1) is 17.8 Å². The summed E-state index contributed by atoms with van der Waals surface area (Å²) in [7, 11) is 0. The maximum Gasteiger partial charge on any atom is 0.250 e.